The fraction of sp³-hybridized carbons (Fsp3) is 0.0769. The number of pyridine rings is 1. The van der Waals surface area contributed by atoms with Crippen LogP contribution in [0.4, 0.5) is 11.4 Å². The molecule has 7 heteroatoms. The van der Waals surface area contributed by atoms with Crippen LogP contribution in [0.2, 0.25) is 5.15 Å². The number of anilines is 1. The van der Waals surface area contributed by atoms with Gasteiger partial charge in [-0.15, -0.1) is 0 Å². The molecule has 0 saturated carbocycles. The number of aromatic nitrogens is 1. The number of aryl methyl sites for hydroxylation is 1. The number of carbonyl (C=O) groups is 1. The van der Waals surface area contributed by atoms with Gasteiger partial charge in [-0.1, -0.05) is 23.7 Å². The van der Waals surface area contributed by atoms with Crippen LogP contribution in [-0.4, -0.2) is 15.8 Å². The number of nitro benzene ring substituents is 1. The minimum absolute atomic E-state index is 0.0538. The van der Waals surface area contributed by atoms with E-state index in [-0.39, 0.29) is 16.5 Å². The van der Waals surface area contributed by atoms with E-state index in [1.54, 1.807) is 31.2 Å². The first-order chi connectivity index (χ1) is 9.47. The maximum absolute atomic E-state index is 11.9. The maximum atomic E-state index is 11.9. The molecule has 102 valence electrons. The van der Waals surface area contributed by atoms with Crippen LogP contribution in [-0.2, 0) is 0 Å². The Morgan fingerprint density at radius 3 is 2.75 bits per heavy atom. The topological polar surface area (TPSA) is 85.1 Å². The molecule has 0 aliphatic carbocycles. The number of hydrogen-bond acceptors (Lipinski definition) is 4. The van der Waals surface area contributed by atoms with E-state index in [1.165, 1.54) is 12.1 Å². The first kappa shape index (κ1) is 14.0. The molecule has 0 bridgehead atoms. The van der Waals surface area contributed by atoms with Gasteiger partial charge in [-0.3, -0.25) is 14.9 Å². The average Bonchev–Trinajstić information content (AvgIpc) is 2.40. The Labute approximate surface area is 119 Å². The zero-order chi connectivity index (χ0) is 14.7. The largest absolute Gasteiger partial charge is 0.320 e. The first-order valence-corrected chi connectivity index (χ1v) is 6.04. The van der Waals surface area contributed by atoms with Crippen molar-refractivity contribution in [2.24, 2.45) is 0 Å². The normalized spacial score (nSPS) is 10.1. The van der Waals surface area contributed by atoms with Gasteiger partial charge in [-0.25, -0.2) is 4.98 Å². The Morgan fingerprint density at radius 1 is 1.35 bits per heavy atom. The highest BCUT2D eigenvalue weighted by Crippen LogP contribution is 2.22. The van der Waals surface area contributed by atoms with Gasteiger partial charge in [-0.05, 0) is 25.1 Å². The zero-order valence-corrected chi connectivity index (χ0v) is 11.2. The molecule has 2 rings (SSSR count). The molecule has 0 atom stereocenters. The second kappa shape index (κ2) is 5.66. The van der Waals surface area contributed by atoms with Crippen molar-refractivity contribution >= 4 is 28.9 Å². The average molecular weight is 292 g/mol. The summed E-state index contributed by atoms with van der Waals surface area (Å²) in [5, 5.41) is 13.6. The molecular weight excluding hydrogens is 282 g/mol. The lowest BCUT2D eigenvalue weighted by atomic mass is 10.2. The number of benzene rings is 1. The predicted molar refractivity (Wildman–Crippen MR) is 75.0 cm³/mol. The lowest BCUT2D eigenvalue weighted by molar-refractivity contribution is -0.385. The molecule has 6 nitrogen and oxygen atoms in total. The number of nitrogens with one attached hydrogen (secondary N) is 1. The summed E-state index contributed by atoms with van der Waals surface area (Å²) in [7, 11) is 0. The molecule has 20 heavy (non-hydrogen) atoms. The molecule has 0 saturated heterocycles. The van der Waals surface area contributed by atoms with E-state index in [0.29, 0.717) is 11.3 Å². The van der Waals surface area contributed by atoms with Gasteiger partial charge in [0.05, 0.1) is 4.92 Å². The minimum atomic E-state index is -0.497. The molecule has 1 N–H and O–H groups in total. The van der Waals surface area contributed by atoms with Crippen molar-refractivity contribution in [2.75, 3.05) is 5.32 Å². The molecule has 0 aliphatic rings. The Kier molecular flexibility index (Phi) is 3.95. The number of rotatable bonds is 3. The molecule has 0 spiro atoms. The quantitative estimate of drug-likeness (QED) is 0.534. The number of carbonyl (C=O) groups excluding carboxylic acids is 1. The molecule has 1 heterocycles. The molecule has 0 aliphatic heterocycles. The summed E-state index contributed by atoms with van der Waals surface area (Å²) in [6.07, 6.45) is 0. The lowest BCUT2D eigenvalue weighted by Gasteiger charge is -2.06. The van der Waals surface area contributed by atoms with Gasteiger partial charge in [0.2, 0.25) is 0 Å². The van der Waals surface area contributed by atoms with E-state index in [0.717, 1.165) is 0 Å². The number of halogens is 1. The van der Waals surface area contributed by atoms with Gasteiger partial charge in [0.25, 0.3) is 11.6 Å². The highest BCUT2D eigenvalue weighted by Gasteiger charge is 2.13. The van der Waals surface area contributed by atoms with Crippen LogP contribution in [0.15, 0.2) is 36.4 Å². The van der Waals surface area contributed by atoms with Crippen LogP contribution >= 0.6 is 11.6 Å². The third kappa shape index (κ3) is 3.10. The Hall–Kier alpha value is -2.47. The monoisotopic (exact) mass is 291 g/mol. The fourth-order valence-electron chi connectivity index (χ4n) is 1.61. The van der Waals surface area contributed by atoms with Gasteiger partial charge in [0.1, 0.15) is 10.8 Å². The van der Waals surface area contributed by atoms with Crippen molar-refractivity contribution in [3.63, 3.8) is 0 Å². The smallest absolute Gasteiger partial charge is 0.274 e. The third-order valence-corrected chi connectivity index (χ3v) is 2.82. The standard InChI is InChI=1S/C13H10ClN3O3/c1-8-5-6-9(7-11(8)17(19)20)15-13(18)10-3-2-4-12(14)16-10/h2-7H,1H3,(H,15,18). The fourth-order valence-corrected chi connectivity index (χ4v) is 1.78. The summed E-state index contributed by atoms with van der Waals surface area (Å²) in [4.78, 5) is 26.1. The third-order valence-electron chi connectivity index (χ3n) is 2.61. The van der Waals surface area contributed by atoms with E-state index >= 15 is 0 Å². The predicted octanol–water partition coefficient (Wildman–Crippen LogP) is 3.20. The van der Waals surface area contributed by atoms with E-state index < -0.39 is 10.8 Å². The summed E-state index contributed by atoms with van der Waals surface area (Å²) < 4.78 is 0. The van der Waals surface area contributed by atoms with Gasteiger partial charge in [0.15, 0.2) is 0 Å². The molecule has 1 aromatic carbocycles. The van der Waals surface area contributed by atoms with E-state index in [1.807, 2.05) is 0 Å². The molecule has 0 radical (unpaired) electrons. The number of nitro groups is 1. The lowest BCUT2D eigenvalue weighted by Crippen LogP contribution is -2.13. The maximum Gasteiger partial charge on any atom is 0.274 e. The highest BCUT2D eigenvalue weighted by molar-refractivity contribution is 6.29. The van der Waals surface area contributed by atoms with Crippen LogP contribution in [0.3, 0.4) is 0 Å². The second-order valence-electron chi connectivity index (χ2n) is 4.06. The molecule has 1 aromatic heterocycles. The Bertz CT molecular complexity index is 688. The van der Waals surface area contributed by atoms with Crippen LogP contribution < -0.4 is 5.32 Å². The van der Waals surface area contributed by atoms with Crippen LogP contribution in [0, 0.1) is 17.0 Å². The van der Waals surface area contributed by atoms with Crippen LogP contribution in [0.25, 0.3) is 0 Å². The van der Waals surface area contributed by atoms with Gasteiger partial charge < -0.3 is 5.32 Å². The first-order valence-electron chi connectivity index (χ1n) is 5.66. The van der Waals surface area contributed by atoms with E-state index in [4.69, 9.17) is 11.6 Å². The number of nitrogens with zero attached hydrogens (tertiary/aromatic N) is 2. The summed E-state index contributed by atoms with van der Waals surface area (Å²) in [5.41, 5.74) is 0.936. The van der Waals surface area contributed by atoms with Crippen molar-refractivity contribution in [3.05, 3.63) is 62.9 Å². The van der Waals surface area contributed by atoms with Crippen molar-refractivity contribution in [3.8, 4) is 0 Å². The number of hydrogen-bond donors (Lipinski definition) is 1. The van der Waals surface area contributed by atoms with Crippen molar-refractivity contribution in [1.29, 1.82) is 0 Å². The molecule has 0 unspecified atom stereocenters. The van der Waals surface area contributed by atoms with E-state index in [2.05, 4.69) is 10.3 Å². The SMILES string of the molecule is Cc1ccc(NC(=O)c2cccc(Cl)n2)cc1[N+](=O)[O-]. The second-order valence-corrected chi connectivity index (χ2v) is 4.45. The summed E-state index contributed by atoms with van der Waals surface area (Å²) in [6.45, 7) is 1.63. The molecule has 0 fully saturated rings. The van der Waals surface area contributed by atoms with Crippen molar-refractivity contribution < 1.29 is 9.72 Å². The molecular formula is C13H10ClN3O3. The van der Waals surface area contributed by atoms with Gasteiger partial charge >= 0.3 is 0 Å². The summed E-state index contributed by atoms with van der Waals surface area (Å²) >= 11 is 5.70. The Balaban J connectivity index is 2.24. The Morgan fingerprint density at radius 2 is 2.10 bits per heavy atom. The van der Waals surface area contributed by atoms with Crippen LogP contribution in [0.5, 0.6) is 0 Å². The summed E-state index contributed by atoms with van der Waals surface area (Å²) in [6, 6.07) is 9.11. The zero-order valence-electron chi connectivity index (χ0n) is 10.5. The minimum Gasteiger partial charge on any atom is -0.320 e. The van der Waals surface area contributed by atoms with Gasteiger partial charge in [0, 0.05) is 17.3 Å². The van der Waals surface area contributed by atoms with Crippen molar-refractivity contribution in [2.45, 2.75) is 6.92 Å². The highest BCUT2D eigenvalue weighted by atomic mass is 35.5. The molecule has 1 amide bonds. The van der Waals surface area contributed by atoms with Crippen LogP contribution in [0.1, 0.15) is 16.1 Å². The van der Waals surface area contributed by atoms with E-state index in [9.17, 15) is 14.9 Å². The molecule has 2 aromatic rings. The number of amides is 1. The van der Waals surface area contributed by atoms with Crippen molar-refractivity contribution in [1.82, 2.24) is 4.98 Å². The van der Waals surface area contributed by atoms with Gasteiger partial charge in [-0.2, -0.15) is 0 Å². The summed E-state index contributed by atoms with van der Waals surface area (Å²) in [5.74, 6) is -0.481.